The third kappa shape index (κ3) is 2.84. The van der Waals surface area contributed by atoms with Crippen LogP contribution in [0.3, 0.4) is 0 Å². The highest BCUT2D eigenvalue weighted by atomic mass is 32.1. The molecule has 0 aliphatic carbocycles. The lowest BCUT2D eigenvalue weighted by atomic mass is 10.1. The molecule has 1 aromatic rings. The second-order valence-corrected chi connectivity index (χ2v) is 4.22. The zero-order chi connectivity index (χ0) is 9.84. The molecule has 0 aliphatic heterocycles. The van der Waals surface area contributed by atoms with E-state index in [0.717, 1.165) is 0 Å². The summed E-state index contributed by atoms with van der Waals surface area (Å²) >= 11 is 1.65. The minimum Gasteiger partial charge on any atom is -0.349 e. The smallest absolute Gasteiger partial charge is 0.223 e. The van der Waals surface area contributed by atoms with Crippen molar-refractivity contribution < 1.29 is 4.79 Å². The molecule has 1 heterocycles. The van der Waals surface area contributed by atoms with E-state index in [2.05, 4.69) is 10.7 Å². The molecule has 0 saturated carbocycles. The van der Waals surface area contributed by atoms with E-state index in [1.165, 1.54) is 5.56 Å². The highest BCUT2D eigenvalue weighted by molar-refractivity contribution is 7.07. The van der Waals surface area contributed by atoms with Gasteiger partial charge in [-0.25, -0.2) is 0 Å². The topological polar surface area (TPSA) is 29.1 Å². The van der Waals surface area contributed by atoms with Crippen LogP contribution in [0.4, 0.5) is 0 Å². The summed E-state index contributed by atoms with van der Waals surface area (Å²) in [5.74, 6) is 0.166. The molecule has 0 bridgehead atoms. The average molecular weight is 197 g/mol. The van der Waals surface area contributed by atoms with Crippen LogP contribution in [0.25, 0.3) is 0 Å². The van der Waals surface area contributed by atoms with Crippen LogP contribution < -0.4 is 5.32 Å². The summed E-state index contributed by atoms with van der Waals surface area (Å²) in [6.45, 7) is 5.80. The standard InChI is InChI=1S/C10H15NOS/c1-7(2)10(12)11-8(3)9-4-5-13-6-9/h4-8H,1-3H3,(H,11,12). The van der Waals surface area contributed by atoms with Gasteiger partial charge >= 0.3 is 0 Å². The third-order valence-electron chi connectivity index (χ3n) is 1.93. The first-order valence-electron chi connectivity index (χ1n) is 4.43. The van der Waals surface area contributed by atoms with Gasteiger partial charge < -0.3 is 5.32 Å². The van der Waals surface area contributed by atoms with Gasteiger partial charge in [-0.2, -0.15) is 11.3 Å². The van der Waals surface area contributed by atoms with Crippen molar-refractivity contribution in [1.29, 1.82) is 0 Å². The van der Waals surface area contributed by atoms with Crippen LogP contribution in [0.15, 0.2) is 16.8 Å². The third-order valence-corrected chi connectivity index (χ3v) is 2.63. The fraction of sp³-hybridized carbons (Fsp3) is 0.500. The number of thiophene rings is 1. The highest BCUT2D eigenvalue weighted by Gasteiger charge is 2.11. The Balaban J connectivity index is 2.51. The highest BCUT2D eigenvalue weighted by Crippen LogP contribution is 2.15. The molecule has 3 heteroatoms. The van der Waals surface area contributed by atoms with E-state index in [4.69, 9.17) is 0 Å². The van der Waals surface area contributed by atoms with Gasteiger partial charge in [0.05, 0.1) is 6.04 Å². The Morgan fingerprint density at radius 3 is 2.62 bits per heavy atom. The molecule has 1 amide bonds. The predicted molar refractivity (Wildman–Crippen MR) is 55.7 cm³/mol. The molecule has 0 aliphatic rings. The van der Waals surface area contributed by atoms with Gasteiger partial charge in [0.1, 0.15) is 0 Å². The summed E-state index contributed by atoms with van der Waals surface area (Å²) < 4.78 is 0. The molecule has 1 aromatic heterocycles. The van der Waals surface area contributed by atoms with E-state index in [1.807, 2.05) is 32.2 Å². The first-order valence-corrected chi connectivity index (χ1v) is 5.38. The van der Waals surface area contributed by atoms with Gasteiger partial charge in [0.2, 0.25) is 5.91 Å². The molecule has 0 fully saturated rings. The zero-order valence-electron chi connectivity index (χ0n) is 8.20. The van der Waals surface area contributed by atoms with Crippen molar-refractivity contribution in [2.24, 2.45) is 5.92 Å². The molecular weight excluding hydrogens is 182 g/mol. The predicted octanol–water partition coefficient (Wildman–Crippen LogP) is 2.58. The van der Waals surface area contributed by atoms with E-state index in [1.54, 1.807) is 11.3 Å². The quantitative estimate of drug-likeness (QED) is 0.792. The van der Waals surface area contributed by atoms with Crippen LogP contribution in [0, 0.1) is 5.92 Å². The summed E-state index contributed by atoms with van der Waals surface area (Å²) in [5, 5.41) is 7.03. The first kappa shape index (κ1) is 10.3. The van der Waals surface area contributed by atoms with E-state index >= 15 is 0 Å². The average Bonchev–Trinajstić information content (AvgIpc) is 2.55. The van der Waals surface area contributed by atoms with Crippen LogP contribution in [0.5, 0.6) is 0 Å². The second-order valence-electron chi connectivity index (χ2n) is 3.44. The van der Waals surface area contributed by atoms with Crippen molar-refractivity contribution in [3.8, 4) is 0 Å². The van der Waals surface area contributed by atoms with Crippen LogP contribution in [0.1, 0.15) is 32.4 Å². The zero-order valence-corrected chi connectivity index (χ0v) is 9.02. The van der Waals surface area contributed by atoms with Gasteiger partial charge in [0.15, 0.2) is 0 Å². The Morgan fingerprint density at radius 1 is 1.46 bits per heavy atom. The van der Waals surface area contributed by atoms with Crippen molar-refractivity contribution in [3.05, 3.63) is 22.4 Å². The van der Waals surface area contributed by atoms with Gasteiger partial charge in [-0.15, -0.1) is 0 Å². The van der Waals surface area contributed by atoms with Crippen molar-refractivity contribution in [2.75, 3.05) is 0 Å². The number of carbonyl (C=O) groups excluding carboxylic acids is 1. The molecular formula is C10H15NOS. The summed E-state index contributed by atoms with van der Waals surface area (Å²) in [4.78, 5) is 11.3. The number of hydrogen-bond acceptors (Lipinski definition) is 2. The maximum Gasteiger partial charge on any atom is 0.223 e. The molecule has 0 spiro atoms. The summed E-state index contributed by atoms with van der Waals surface area (Å²) in [7, 11) is 0. The Bertz CT molecular complexity index is 266. The van der Waals surface area contributed by atoms with E-state index < -0.39 is 0 Å². The van der Waals surface area contributed by atoms with Gasteiger partial charge in [-0.1, -0.05) is 13.8 Å². The largest absolute Gasteiger partial charge is 0.349 e. The molecule has 1 rings (SSSR count). The minimum absolute atomic E-state index is 0.0566. The normalized spacial score (nSPS) is 12.9. The number of carbonyl (C=O) groups is 1. The van der Waals surface area contributed by atoms with Gasteiger partial charge in [-0.3, -0.25) is 4.79 Å². The van der Waals surface area contributed by atoms with E-state index in [0.29, 0.717) is 0 Å². The lowest BCUT2D eigenvalue weighted by Crippen LogP contribution is -2.30. The molecule has 13 heavy (non-hydrogen) atoms. The summed E-state index contributed by atoms with van der Waals surface area (Å²) in [5.41, 5.74) is 1.18. The molecule has 1 N–H and O–H groups in total. The maximum atomic E-state index is 11.3. The van der Waals surface area contributed by atoms with Crippen LogP contribution >= 0.6 is 11.3 Å². The fourth-order valence-electron chi connectivity index (χ4n) is 0.985. The monoisotopic (exact) mass is 197 g/mol. The van der Waals surface area contributed by atoms with Crippen molar-refractivity contribution >= 4 is 17.2 Å². The van der Waals surface area contributed by atoms with E-state index in [-0.39, 0.29) is 17.9 Å². The number of nitrogens with one attached hydrogen (secondary N) is 1. The number of amides is 1. The molecule has 0 aromatic carbocycles. The molecule has 1 atom stereocenters. The number of hydrogen-bond donors (Lipinski definition) is 1. The molecule has 0 radical (unpaired) electrons. The van der Waals surface area contributed by atoms with Crippen molar-refractivity contribution in [1.82, 2.24) is 5.32 Å². The Kier molecular flexibility index (Phi) is 3.48. The number of rotatable bonds is 3. The lowest BCUT2D eigenvalue weighted by Gasteiger charge is -2.14. The summed E-state index contributed by atoms with van der Waals surface area (Å²) in [6.07, 6.45) is 0. The van der Waals surface area contributed by atoms with E-state index in [9.17, 15) is 4.79 Å². The fourth-order valence-corrected chi connectivity index (χ4v) is 1.74. The molecule has 1 unspecified atom stereocenters. The van der Waals surface area contributed by atoms with Crippen molar-refractivity contribution in [3.63, 3.8) is 0 Å². The van der Waals surface area contributed by atoms with Gasteiger partial charge in [0, 0.05) is 5.92 Å². The van der Waals surface area contributed by atoms with Gasteiger partial charge in [0.25, 0.3) is 0 Å². The Morgan fingerprint density at radius 2 is 2.15 bits per heavy atom. The van der Waals surface area contributed by atoms with Crippen molar-refractivity contribution in [2.45, 2.75) is 26.8 Å². The first-order chi connectivity index (χ1) is 6.11. The second kappa shape index (κ2) is 4.42. The SMILES string of the molecule is CC(C)C(=O)NC(C)c1ccsc1. The van der Waals surface area contributed by atoms with Crippen LogP contribution in [0.2, 0.25) is 0 Å². The lowest BCUT2D eigenvalue weighted by molar-refractivity contribution is -0.124. The molecule has 0 saturated heterocycles. The van der Waals surface area contributed by atoms with Crippen LogP contribution in [-0.2, 0) is 4.79 Å². The maximum absolute atomic E-state index is 11.3. The Labute approximate surface area is 83.0 Å². The van der Waals surface area contributed by atoms with Gasteiger partial charge in [-0.05, 0) is 29.3 Å². The molecule has 72 valence electrons. The summed E-state index contributed by atoms with van der Waals surface area (Å²) in [6, 6.07) is 2.16. The van der Waals surface area contributed by atoms with Crippen LogP contribution in [-0.4, -0.2) is 5.91 Å². The molecule has 2 nitrogen and oxygen atoms in total. The minimum atomic E-state index is 0.0566. The Hall–Kier alpha value is -0.830.